The van der Waals surface area contributed by atoms with Crippen LogP contribution in [0.15, 0.2) is 48.7 Å². The number of nitrogens with zero attached hydrogens (tertiary/aromatic N) is 3. The average Bonchev–Trinajstić information content (AvgIpc) is 3.10. The molecule has 1 saturated heterocycles. The normalized spacial score (nSPS) is 16.3. The maximum Gasteiger partial charge on any atom is 0.332 e. The van der Waals surface area contributed by atoms with Crippen LogP contribution in [0.2, 0.25) is 13.6 Å². The highest BCUT2D eigenvalue weighted by Gasteiger charge is 2.41. The standard InChI is InChI=1S/C17H26B2N4/c1-4-5-14-23-18(2)21(16-10-7-6-8-11-16)15-22(19(23)3)17-12-9-13-20-17/h6-13,20H,4-5,14-15H2,1-3H3. The third-order valence-corrected chi connectivity index (χ3v) is 4.92. The number of H-pyrrole nitrogens is 1. The van der Waals surface area contributed by atoms with Crippen LogP contribution in [-0.4, -0.2) is 36.9 Å². The molecule has 0 unspecified atom stereocenters. The number of hydrogen-bond donors (Lipinski definition) is 1. The lowest BCUT2D eigenvalue weighted by atomic mass is 9.57. The maximum atomic E-state index is 3.37. The molecule has 0 amide bonds. The van der Waals surface area contributed by atoms with Crippen molar-refractivity contribution in [1.82, 2.24) is 9.71 Å². The monoisotopic (exact) mass is 308 g/mol. The molecule has 0 aliphatic carbocycles. The third-order valence-electron chi connectivity index (χ3n) is 4.92. The molecular formula is C17H26B2N4. The van der Waals surface area contributed by atoms with E-state index in [0.29, 0.717) is 14.0 Å². The maximum absolute atomic E-state index is 3.37. The summed E-state index contributed by atoms with van der Waals surface area (Å²) in [5.74, 6) is 1.19. The van der Waals surface area contributed by atoms with Crippen LogP contribution >= 0.6 is 0 Å². The van der Waals surface area contributed by atoms with E-state index in [-0.39, 0.29) is 0 Å². The van der Waals surface area contributed by atoms with Crippen molar-refractivity contribution in [3.05, 3.63) is 48.7 Å². The minimum atomic E-state index is 0.384. The Morgan fingerprint density at radius 2 is 1.74 bits per heavy atom. The van der Waals surface area contributed by atoms with Crippen molar-refractivity contribution in [2.24, 2.45) is 0 Å². The quantitative estimate of drug-likeness (QED) is 0.854. The van der Waals surface area contributed by atoms with E-state index in [1.54, 1.807) is 0 Å². The predicted octanol–water partition coefficient (Wildman–Crippen LogP) is 3.64. The molecule has 0 atom stereocenters. The van der Waals surface area contributed by atoms with Gasteiger partial charge < -0.3 is 19.3 Å². The summed E-state index contributed by atoms with van der Waals surface area (Å²) in [5.41, 5.74) is 1.28. The zero-order valence-electron chi connectivity index (χ0n) is 14.4. The summed E-state index contributed by atoms with van der Waals surface area (Å²) >= 11 is 0. The van der Waals surface area contributed by atoms with E-state index >= 15 is 0 Å². The van der Waals surface area contributed by atoms with Crippen LogP contribution in [-0.2, 0) is 0 Å². The second-order valence-corrected chi connectivity index (χ2v) is 6.33. The summed E-state index contributed by atoms with van der Waals surface area (Å²) < 4.78 is 2.60. The number of unbranched alkanes of at least 4 members (excludes halogenated alkanes) is 1. The van der Waals surface area contributed by atoms with Gasteiger partial charge in [0.05, 0.1) is 12.5 Å². The molecule has 0 spiro atoms. The van der Waals surface area contributed by atoms with Gasteiger partial charge in [-0.15, -0.1) is 0 Å². The first-order valence-corrected chi connectivity index (χ1v) is 8.70. The highest BCUT2D eigenvalue weighted by Crippen LogP contribution is 2.26. The molecule has 1 aliphatic rings. The lowest BCUT2D eigenvalue weighted by Crippen LogP contribution is -2.70. The van der Waals surface area contributed by atoms with Crippen molar-refractivity contribution < 1.29 is 0 Å². The number of aromatic nitrogens is 1. The van der Waals surface area contributed by atoms with Crippen LogP contribution in [0.4, 0.5) is 11.5 Å². The van der Waals surface area contributed by atoms with Crippen molar-refractivity contribution in [3.8, 4) is 0 Å². The van der Waals surface area contributed by atoms with Crippen LogP contribution < -0.4 is 9.62 Å². The molecule has 0 radical (unpaired) electrons. The second-order valence-electron chi connectivity index (χ2n) is 6.33. The smallest absolute Gasteiger partial charge is 0.332 e. The molecule has 2 heterocycles. The Labute approximate surface area is 140 Å². The predicted molar refractivity (Wildman–Crippen MR) is 102 cm³/mol. The van der Waals surface area contributed by atoms with Gasteiger partial charge in [0.2, 0.25) is 0 Å². The van der Waals surface area contributed by atoms with Crippen LogP contribution in [0.5, 0.6) is 0 Å². The zero-order chi connectivity index (χ0) is 16.2. The van der Waals surface area contributed by atoms with Gasteiger partial charge in [-0.2, -0.15) is 0 Å². The van der Waals surface area contributed by atoms with Crippen molar-refractivity contribution in [2.45, 2.75) is 33.4 Å². The van der Waals surface area contributed by atoms with E-state index in [2.05, 4.69) is 82.4 Å². The first-order valence-electron chi connectivity index (χ1n) is 8.70. The molecule has 1 aromatic heterocycles. The summed E-state index contributed by atoms with van der Waals surface area (Å²) in [6, 6.07) is 15.0. The van der Waals surface area contributed by atoms with Crippen molar-refractivity contribution in [3.63, 3.8) is 0 Å². The molecule has 0 bridgehead atoms. The van der Waals surface area contributed by atoms with Gasteiger partial charge in [-0.05, 0) is 37.2 Å². The first kappa shape index (κ1) is 16.1. The number of aromatic amines is 1. The Balaban J connectivity index is 1.90. The fraction of sp³-hybridized carbons (Fsp3) is 0.412. The molecule has 120 valence electrons. The van der Waals surface area contributed by atoms with Gasteiger partial charge in [-0.3, -0.25) is 0 Å². The fourth-order valence-electron chi connectivity index (χ4n) is 3.48. The lowest BCUT2D eigenvalue weighted by Gasteiger charge is -2.50. The molecule has 0 saturated carbocycles. The third kappa shape index (κ3) is 3.27. The Bertz CT molecular complexity index is 590. The fourth-order valence-corrected chi connectivity index (χ4v) is 3.48. The average molecular weight is 308 g/mol. The van der Waals surface area contributed by atoms with E-state index in [4.69, 9.17) is 0 Å². The SMILES string of the molecule is CCCCN1B(C)N(c2ccccc2)CN(c2ccc[nH]2)B1C. The largest absolute Gasteiger partial charge is 0.386 e. The van der Waals surface area contributed by atoms with Crippen LogP contribution in [0, 0.1) is 0 Å². The Hall–Kier alpha value is -1.81. The van der Waals surface area contributed by atoms with E-state index in [9.17, 15) is 0 Å². The molecule has 23 heavy (non-hydrogen) atoms. The summed E-state index contributed by atoms with van der Waals surface area (Å²) in [5, 5.41) is 0. The van der Waals surface area contributed by atoms with Crippen LogP contribution in [0.1, 0.15) is 19.8 Å². The Morgan fingerprint density at radius 1 is 1.00 bits per heavy atom. The van der Waals surface area contributed by atoms with Gasteiger partial charge in [0.1, 0.15) is 0 Å². The topological polar surface area (TPSA) is 25.5 Å². The number of rotatable bonds is 5. The van der Waals surface area contributed by atoms with Crippen molar-refractivity contribution in [1.29, 1.82) is 0 Å². The van der Waals surface area contributed by atoms with Crippen molar-refractivity contribution in [2.75, 3.05) is 22.8 Å². The van der Waals surface area contributed by atoms with E-state index in [1.807, 2.05) is 6.20 Å². The summed E-state index contributed by atoms with van der Waals surface area (Å²) in [6.07, 6.45) is 4.46. The molecule has 4 nitrogen and oxygen atoms in total. The summed E-state index contributed by atoms with van der Waals surface area (Å²) in [7, 11) is 0. The first-order chi connectivity index (χ1) is 11.2. The van der Waals surface area contributed by atoms with Gasteiger partial charge in [0.25, 0.3) is 0 Å². The van der Waals surface area contributed by atoms with Gasteiger partial charge in [0, 0.05) is 11.9 Å². The highest BCUT2D eigenvalue weighted by atomic mass is 15.4. The van der Waals surface area contributed by atoms with Crippen LogP contribution in [0.25, 0.3) is 0 Å². The number of benzene rings is 1. The number of nitrogens with one attached hydrogen (secondary N) is 1. The highest BCUT2D eigenvalue weighted by molar-refractivity contribution is 6.77. The number of anilines is 2. The molecule has 6 heteroatoms. The van der Waals surface area contributed by atoms with Gasteiger partial charge in [-0.1, -0.05) is 45.2 Å². The van der Waals surface area contributed by atoms with E-state index in [0.717, 1.165) is 13.2 Å². The van der Waals surface area contributed by atoms with Crippen LogP contribution in [0.3, 0.4) is 0 Å². The minimum Gasteiger partial charge on any atom is -0.386 e. The Morgan fingerprint density at radius 3 is 2.39 bits per heavy atom. The van der Waals surface area contributed by atoms with Gasteiger partial charge >= 0.3 is 14.0 Å². The molecule has 1 fully saturated rings. The molecular weight excluding hydrogens is 282 g/mol. The summed E-state index contributed by atoms with van der Waals surface area (Å²) in [4.78, 5) is 8.30. The van der Waals surface area contributed by atoms with Gasteiger partial charge in [-0.25, -0.2) is 0 Å². The molecule has 2 aromatic rings. The van der Waals surface area contributed by atoms with E-state index < -0.39 is 0 Å². The molecule has 3 rings (SSSR count). The molecule has 1 aromatic carbocycles. The zero-order valence-corrected chi connectivity index (χ0v) is 14.4. The van der Waals surface area contributed by atoms with E-state index in [1.165, 1.54) is 24.3 Å². The lowest BCUT2D eigenvalue weighted by molar-refractivity contribution is 0.570. The summed E-state index contributed by atoms with van der Waals surface area (Å²) in [6.45, 7) is 9.70. The Kier molecular flexibility index (Phi) is 5.01. The second kappa shape index (κ2) is 7.18. The number of hydrogen-bond acceptors (Lipinski definition) is 3. The molecule has 1 N–H and O–H groups in total. The minimum absolute atomic E-state index is 0.384. The molecule has 1 aliphatic heterocycles. The van der Waals surface area contributed by atoms with Crippen molar-refractivity contribution >= 4 is 25.5 Å². The van der Waals surface area contributed by atoms with Gasteiger partial charge in [0.15, 0.2) is 0 Å². The number of para-hydroxylation sites is 1.